The number of nitrogen functional groups attached to an aromatic ring is 1. The van der Waals surface area contributed by atoms with Gasteiger partial charge in [0.1, 0.15) is 17.8 Å². The molecule has 9 heteroatoms. The Hall–Kier alpha value is -4.34. The first-order chi connectivity index (χ1) is 20.4. The summed E-state index contributed by atoms with van der Waals surface area (Å²) in [6, 6.07) is 20.7. The molecule has 0 aliphatic heterocycles. The third-order valence-corrected chi connectivity index (χ3v) is 9.84. The molecule has 2 N–H and O–H groups in total. The van der Waals surface area contributed by atoms with E-state index in [-0.39, 0.29) is 18.6 Å². The van der Waals surface area contributed by atoms with Crippen molar-refractivity contribution < 1.29 is 12.6 Å². The smallest absolute Gasteiger partial charge is 0.293 e. The SMILES string of the molecule is CC1=CC=C(S(=O)(=O)OCC2CC(n3cc(-c4ccc5ccc(-c6ccccc6)nc5c4)c4c(N)ncnc43)C2)CC1. The first kappa shape index (κ1) is 26.6. The number of hydrogen-bond acceptors (Lipinski definition) is 7. The molecule has 0 unspecified atom stereocenters. The highest BCUT2D eigenvalue weighted by Gasteiger charge is 2.34. The van der Waals surface area contributed by atoms with Crippen molar-refractivity contribution in [3.8, 4) is 22.4 Å². The summed E-state index contributed by atoms with van der Waals surface area (Å²) in [6.45, 7) is 2.19. The average molecular weight is 578 g/mol. The molecule has 42 heavy (non-hydrogen) atoms. The highest BCUT2D eigenvalue weighted by molar-refractivity contribution is 7.90. The van der Waals surface area contributed by atoms with Crippen molar-refractivity contribution >= 4 is 37.9 Å². The summed E-state index contributed by atoms with van der Waals surface area (Å²) < 4.78 is 33.0. The van der Waals surface area contributed by atoms with Crippen LogP contribution in [-0.2, 0) is 14.3 Å². The van der Waals surface area contributed by atoms with Gasteiger partial charge in [-0.1, -0.05) is 60.2 Å². The summed E-state index contributed by atoms with van der Waals surface area (Å²) in [4.78, 5) is 14.2. The minimum Gasteiger partial charge on any atom is -0.383 e. The Kier molecular flexibility index (Phi) is 6.63. The van der Waals surface area contributed by atoms with Gasteiger partial charge < -0.3 is 10.3 Å². The monoisotopic (exact) mass is 577 g/mol. The van der Waals surface area contributed by atoms with Crippen LogP contribution in [0.25, 0.3) is 44.3 Å². The van der Waals surface area contributed by atoms with E-state index in [1.165, 1.54) is 11.9 Å². The van der Waals surface area contributed by atoms with Crippen molar-refractivity contribution in [1.82, 2.24) is 19.5 Å². The van der Waals surface area contributed by atoms with Gasteiger partial charge in [0, 0.05) is 28.8 Å². The van der Waals surface area contributed by atoms with Crippen LogP contribution < -0.4 is 5.73 Å². The van der Waals surface area contributed by atoms with Gasteiger partial charge in [0.05, 0.1) is 28.1 Å². The zero-order valence-corrected chi connectivity index (χ0v) is 24.1. The summed E-state index contributed by atoms with van der Waals surface area (Å²) in [5, 5.41) is 1.87. The van der Waals surface area contributed by atoms with Crippen LogP contribution in [0, 0.1) is 5.92 Å². The number of allylic oxidation sites excluding steroid dienone is 4. The van der Waals surface area contributed by atoms with Crippen LogP contribution in [0.3, 0.4) is 0 Å². The number of anilines is 1. The summed E-state index contributed by atoms with van der Waals surface area (Å²) in [5.41, 5.74) is 13.2. The standard InChI is InChI=1S/C33H31N5O3S/c1-21-7-12-27(13-8-21)42(39,40)41-19-22-15-26(16-22)38-18-28(31-32(34)35-20-36-33(31)38)25-10-9-24-11-14-29(37-30(24)17-25)23-5-3-2-4-6-23/h2-7,9-12,14,17-18,20,22,26H,8,13,15-16,19H2,1H3,(H2,34,35,36). The number of benzene rings is 2. The molecule has 1 fully saturated rings. The highest BCUT2D eigenvalue weighted by atomic mass is 32.2. The van der Waals surface area contributed by atoms with Crippen LogP contribution in [0.4, 0.5) is 5.82 Å². The molecule has 7 rings (SSSR count). The molecule has 0 amide bonds. The summed E-state index contributed by atoms with van der Waals surface area (Å²) in [7, 11) is -3.70. The Morgan fingerprint density at radius 1 is 0.976 bits per heavy atom. The van der Waals surface area contributed by atoms with Crippen molar-refractivity contribution in [1.29, 1.82) is 0 Å². The minimum absolute atomic E-state index is 0.146. The van der Waals surface area contributed by atoms with E-state index in [1.807, 2.05) is 37.3 Å². The summed E-state index contributed by atoms with van der Waals surface area (Å²) >= 11 is 0. The molecule has 1 saturated carbocycles. The van der Waals surface area contributed by atoms with E-state index in [4.69, 9.17) is 14.9 Å². The zero-order chi connectivity index (χ0) is 28.8. The Bertz CT molecular complexity index is 1990. The highest BCUT2D eigenvalue weighted by Crippen LogP contribution is 2.43. The third-order valence-electron chi connectivity index (χ3n) is 8.42. The predicted octanol–water partition coefficient (Wildman–Crippen LogP) is 6.82. The molecule has 3 heterocycles. The lowest BCUT2D eigenvalue weighted by Crippen LogP contribution is -2.30. The van der Waals surface area contributed by atoms with E-state index in [0.29, 0.717) is 17.1 Å². The Labute approximate surface area is 244 Å². The van der Waals surface area contributed by atoms with Gasteiger partial charge in [-0.2, -0.15) is 8.42 Å². The molecule has 212 valence electrons. The van der Waals surface area contributed by atoms with Gasteiger partial charge in [-0.25, -0.2) is 15.0 Å². The van der Waals surface area contributed by atoms with Crippen molar-refractivity contribution in [3.05, 3.63) is 95.8 Å². The second-order valence-corrected chi connectivity index (χ2v) is 12.9. The molecule has 8 nitrogen and oxygen atoms in total. The maximum absolute atomic E-state index is 12.7. The number of nitrogens with zero attached hydrogens (tertiary/aromatic N) is 4. The molecule has 0 spiro atoms. The van der Waals surface area contributed by atoms with Gasteiger partial charge in [0.15, 0.2) is 0 Å². The number of aromatic nitrogens is 4. The Morgan fingerprint density at radius 3 is 2.57 bits per heavy atom. The fourth-order valence-corrected chi connectivity index (χ4v) is 7.03. The van der Waals surface area contributed by atoms with Crippen molar-refractivity contribution in [2.75, 3.05) is 12.3 Å². The van der Waals surface area contributed by atoms with Gasteiger partial charge in [-0.15, -0.1) is 0 Å². The van der Waals surface area contributed by atoms with E-state index in [9.17, 15) is 8.42 Å². The molecule has 2 aliphatic carbocycles. The van der Waals surface area contributed by atoms with Crippen LogP contribution in [0.5, 0.6) is 0 Å². The van der Waals surface area contributed by atoms with Gasteiger partial charge in [0.2, 0.25) is 0 Å². The maximum atomic E-state index is 12.7. The second kappa shape index (κ2) is 10.5. The van der Waals surface area contributed by atoms with E-state index >= 15 is 0 Å². The number of rotatable bonds is 7. The summed E-state index contributed by atoms with van der Waals surface area (Å²) in [5.74, 6) is 0.572. The van der Waals surface area contributed by atoms with E-state index in [0.717, 1.165) is 63.6 Å². The number of fused-ring (bicyclic) bond motifs is 2. The van der Waals surface area contributed by atoms with E-state index in [1.54, 1.807) is 6.08 Å². The lowest BCUT2D eigenvalue weighted by Gasteiger charge is -2.36. The first-order valence-corrected chi connectivity index (χ1v) is 15.6. The summed E-state index contributed by atoms with van der Waals surface area (Å²) in [6.07, 6.45) is 9.94. The number of pyridine rings is 1. The largest absolute Gasteiger partial charge is 0.383 e. The Morgan fingerprint density at radius 2 is 1.79 bits per heavy atom. The van der Waals surface area contributed by atoms with Crippen molar-refractivity contribution in [2.45, 2.75) is 38.6 Å². The van der Waals surface area contributed by atoms with Crippen LogP contribution in [-0.4, -0.2) is 34.5 Å². The molecular weight excluding hydrogens is 546 g/mol. The molecule has 0 atom stereocenters. The van der Waals surface area contributed by atoms with Crippen LogP contribution in [0.2, 0.25) is 0 Å². The first-order valence-electron chi connectivity index (χ1n) is 14.2. The van der Waals surface area contributed by atoms with Crippen LogP contribution >= 0.6 is 0 Å². The van der Waals surface area contributed by atoms with Gasteiger partial charge in [-0.3, -0.25) is 4.18 Å². The van der Waals surface area contributed by atoms with E-state index in [2.05, 4.69) is 57.1 Å². The second-order valence-electron chi connectivity index (χ2n) is 11.3. The average Bonchev–Trinajstić information content (AvgIpc) is 3.37. The minimum atomic E-state index is -3.70. The lowest BCUT2D eigenvalue weighted by atomic mass is 9.81. The predicted molar refractivity (Wildman–Crippen MR) is 166 cm³/mol. The molecule has 3 aromatic heterocycles. The molecular formula is C33H31N5O3S. The fourth-order valence-electron chi connectivity index (χ4n) is 5.92. The zero-order valence-electron chi connectivity index (χ0n) is 23.3. The van der Waals surface area contributed by atoms with E-state index < -0.39 is 10.1 Å². The molecule has 0 bridgehead atoms. The third kappa shape index (κ3) is 4.88. The van der Waals surface area contributed by atoms with Crippen LogP contribution in [0.15, 0.2) is 95.8 Å². The van der Waals surface area contributed by atoms with Gasteiger partial charge >= 0.3 is 0 Å². The molecule has 5 aromatic rings. The van der Waals surface area contributed by atoms with Crippen molar-refractivity contribution in [2.24, 2.45) is 5.92 Å². The van der Waals surface area contributed by atoms with Crippen molar-refractivity contribution in [3.63, 3.8) is 0 Å². The number of nitrogens with two attached hydrogens (primary N) is 1. The normalized spacial score (nSPS) is 19.0. The molecule has 0 saturated heterocycles. The van der Waals surface area contributed by atoms with Gasteiger partial charge in [0.25, 0.3) is 10.1 Å². The van der Waals surface area contributed by atoms with Crippen LogP contribution in [0.1, 0.15) is 38.6 Å². The lowest BCUT2D eigenvalue weighted by molar-refractivity contribution is 0.131. The fraction of sp³-hybridized carbons (Fsp3) is 0.242. The molecule has 2 aromatic carbocycles. The number of hydrogen-bond donors (Lipinski definition) is 1. The molecule has 2 aliphatic rings. The quantitative estimate of drug-likeness (QED) is 0.211. The maximum Gasteiger partial charge on any atom is 0.293 e. The Balaban J connectivity index is 1.15. The topological polar surface area (TPSA) is 113 Å². The van der Waals surface area contributed by atoms with Gasteiger partial charge in [-0.05, 0) is 62.3 Å². The molecule has 0 radical (unpaired) electrons.